The predicted molar refractivity (Wildman–Crippen MR) is 141 cm³/mol. The molecule has 2 atom stereocenters. The minimum Gasteiger partial charge on any atom is -0.493 e. The van der Waals surface area contributed by atoms with E-state index < -0.39 is 12.1 Å². The summed E-state index contributed by atoms with van der Waals surface area (Å²) in [5, 5.41) is 9.44. The molecule has 3 aromatic carbocycles. The van der Waals surface area contributed by atoms with Crippen LogP contribution in [0.15, 0.2) is 71.4 Å². The van der Waals surface area contributed by atoms with Crippen LogP contribution in [-0.2, 0) is 0 Å². The fraction of sp³-hybridized carbons (Fsp3) is 0.185. The number of rotatable bonds is 5. The number of hydrogen-bond donors (Lipinski definition) is 1. The van der Waals surface area contributed by atoms with Gasteiger partial charge in [0.25, 0.3) is 0 Å². The number of nitrogens with zero attached hydrogens (tertiary/aromatic N) is 3. The number of thioether (sulfide) groups is 1. The van der Waals surface area contributed by atoms with Crippen molar-refractivity contribution in [2.45, 2.75) is 17.3 Å². The monoisotopic (exact) mass is 536 g/mol. The van der Waals surface area contributed by atoms with Crippen molar-refractivity contribution in [3.05, 3.63) is 93.8 Å². The van der Waals surface area contributed by atoms with Gasteiger partial charge < -0.3 is 19.5 Å². The van der Waals surface area contributed by atoms with E-state index in [1.807, 2.05) is 41.3 Å². The molecule has 10 heteroatoms. The van der Waals surface area contributed by atoms with Crippen molar-refractivity contribution >= 4 is 35.0 Å². The Morgan fingerprint density at radius 3 is 2.49 bits per heavy atom. The molecular formula is C27H22ClFN4O3S. The van der Waals surface area contributed by atoms with Crippen molar-refractivity contribution in [3.63, 3.8) is 0 Å². The van der Waals surface area contributed by atoms with Gasteiger partial charge in [0.2, 0.25) is 11.1 Å². The summed E-state index contributed by atoms with van der Waals surface area (Å²) in [6.45, 7) is 0. The summed E-state index contributed by atoms with van der Waals surface area (Å²) in [5.74, 6) is 2.14. The van der Waals surface area contributed by atoms with E-state index in [1.165, 1.54) is 23.9 Å². The standard InChI is InChI=1S/C27H22ClFN4O3S/c1-34-20-10-6-15(12-21(20)35-2)25-22-23(18-13-16(28)7-11-19(18)36-25)30-26-31-27(37-3)32-33(26)24(22)14-4-8-17(29)9-5-14/h4-13,24-25H,1-3H3,(H,30,31,32). The van der Waals surface area contributed by atoms with Gasteiger partial charge in [-0.1, -0.05) is 41.6 Å². The lowest BCUT2D eigenvalue weighted by Crippen LogP contribution is -2.32. The fourth-order valence-electron chi connectivity index (χ4n) is 4.83. The summed E-state index contributed by atoms with van der Waals surface area (Å²) < 4.78 is 33.5. The van der Waals surface area contributed by atoms with Gasteiger partial charge in [0.05, 0.1) is 19.9 Å². The number of nitrogens with one attached hydrogen (secondary N) is 1. The summed E-state index contributed by atoms with van der Waals surface area (Å²) in [6, 6.07) is 17.2. The minimum atomic E-state index is -0.527. The number of fused-ring (bicyclic) bond motifs is 3. The zero-order chi connectivity index (χ0) is 25.7. The zero-order valence-corrected chi connectivity index (χ0v) is 21.7. The van der Waals surface area contributed by atoms with Gasteiger partial charge in [0.1, 0.15) is 23.7 Å². The first-order chi connectivity index (χ1) is 18.0. The summed E-state index contributed by atoms with van der Waals surface area (Å²) >= 11 is 7.86. The zero-order valence-electron chi connectivity index (χ0n) is 20.2. The molecule has 4 aromatic rings. The van der Waals surface area contributed by atoms with Gasteiger partial charge in [-0.2, -0.15) is 4.98 Å². The number of ether oxygens (including phenoxy) is 3. The largest absolute Gasteiger partial charge is 0.493 e. The third kappa shape index (κ3) is 3.98. The van der Waals surface area contributed by atoms with Crippen molar-refractivity contribution < 1.29 is 18.6 Å². The fourth-order valence-corrected chi connectivity index (χ4v) is 5.34. The number of benzene rings is 3. The van der Waals surface area contributed by atoms with Crippen LogP contribution in [-0.4, -0.2) is 35.2 Å². The van der Waals surface area contributed by atoms with Gasteiger partial charge in [-0.25, -0.2) is 9.07 Å². The van der Waals surface area contributed by atoms with E-state index in [0.717, 1.165) is 28.0 Å². The second-order valence-corrected chi connectivity index (χ2v) is 9.74. The third-order valence-corrected chi connectivity index (χ3v) is 7.27. The molecule has 1 N–H and O–H groups in total. The molecule has 0 bridgehead atoms. The maximum atomic E-state index is 14.0. The van der Waals surface area contributed by atoms with E-state index in [0.29, 0.717) is 33.4 Å². The second-order valence-electron chi connectivity index (χ2n) is 8.53. The lowest BCUT2D eigenvalue weighted by molar-refractivity contribution is 0.222. The average molecular weight is 537 g/mol. The molecule has 0 radical (unpaired) electrons. The molecule has 2 aliphatic heterocycles. The lowest BCUT2D eigenvalue weighted by Gasteiger charge is -2.39. The molecule has 3 heterocycles. The smallest absolute Gasteiger partial charge is 0.227 e. The number of hydrogen-bond acceptors (Lipinski definition) is 7. The first-order valence-corrected chi connectivity index (χ1v) is 13.1. The SMILES string of the molecule is COc1ccc(C2Oc3ccc(Cl)cc3C3=C2C(c2ccc(F)cc2)n2nc(SC)nc2N3)cc1OC. The molecule has 0 saturated carbocycles. The molecule has 0 saturated heterocycles. The van der Waals surface area contributed by atoms with Gasteiger partial charge in [0, 0.05) is 21.7 Å². The maximum absolute atomic E-state index is 14.0. The van der Waals surface area contributed by atoms with Crippen molar-refractivity contribution in [2.75, 3.05) is 25.8 Å². The Morgan fingerprint density at radius 2 is 1.76 bits per heavy atom. The van der Waals surface area contributed by atoms with E-state index >= 15 is 0 Å². The molecule has 37 heavy (non-hydrogen) atoms. The van der Waals surface area contributed by atoms with E-state index in [2.05, 4.69) is 10.3 Å². The van der Waals surface area contributed by atoms with Crippen molar-refractivity contribution in [2.24, 2.45) is 0 Å². The quantitative estimate of drug-likeness (QED) is 0.297. The highest BCUT2D eigenvalue weighted by Crippen LogP contribution is 2.52. The van der Waals surface area contributed by atoms with Gasteiger partial charge in [-0.05, 0) is 54.3 Å². The molecule has 2 aliphatic rings. The van der Waals surface area contributed by atoms with Crippen molar-refractivity contribution in [1.29, 1.82) is 0 Å². The minimum absolute atomic E-state index is 0.316. The highest BCUT2D eigenvalue weighted by Gasteiger charge is 2.41. The lowest BCUT2D eigenvalue weighted by atomic mass is 9.84. The van der Waals surface area contributed by atoms with Crippen molar-refractivity contribution in [3.8, 4) is 17.2 Å². The van der Waals surface area contributed by atoms with Crippen LogP contribution in [0.25, 0.3) is 5.70 Å². The van der Waals surface area contributed by atoms with Crippen molar-refractivity contribution in [1.82, 2.24) is 14.8 Å². The summed E-state index contributed by atoms with van der Waals surface area (Å²) in [5.41, 5.74) is 4.22. The Morgan fingerprint density at radius 1 is 1.00 bits per heavy atom. The summed E-state index contributed by atoms with van der Waals surface area (Å²) in [6.07, 6.45) is 1.40. The van der Waals surface area contributed by atoms with Gasteiger partial charge >= 0.3 is 0 Å². The molecule has 7 nitrogen and oxygen atoms in total. The predicted octanol–water partition coefficient (Wildman–Crippen LogP) is 6.37. The topological polar surface area (TPSA) is 70.4 Å². The molecular weight excluding hydrogens is 515 g/mol. The van der Waals surface area contributed by atoms with Crippen LogP contribution >= 0.6 is 23.4 Å². The molecule has 0 fully saturated rings. The van der Waals surface area contributed by atoms with Gasteiger partial charge in [-0.3, -0.25) is 0 Å². The van der Waals surface area contributed by atoms with Crippen LogP contribution in [0.2, 0.25) is 5.02 Å². The highest BCUT2D eigenvalue weighted by molar-refractivity contribution is 7.98. The molecule has 0 aliphatic carbocycles. The molecule has 188 valence electrons. The molecule has 0 spiro atoms. The van der Waals surface area contributed by atoms with Gasteiger partial charge in [-0.15, -0.1) is 5.10 Å². The van der Waals surface area contributed by atoms with E-state index in [-0.39, 0.29) is 5.82 Å². The average Bonchev–Trinajstić information content (AvgIpc) is 3.35. The highest BCUT2D eigenvalue weighted by atomic mass is 35.5. The number of anilines is 1. The van der Waals surface area contributed by atoms with E-state index in [9.17, 15) is 4.39 Å². The Balaban J connectivity index is 1.62. The third-order valence-electron chi connectivity index (χ3n) is 6.49. The van der Waals surface area contributed by atoms with Crippen LogP contribution in [0.5, 0.6) is 17.2 Å². The molecule has 1 aromatic heterocycles. The van der Waals surface area contributed by atoms with E-state index in [1.54, 1.807) is 32.4 Å². The number of halogens is 2. The Kier molecular flexibility index (Phi) is 5.97. The maximum Gasteiger partial charge on any atom is 0.227 e. The molecule has 2 unspecified atom stereocenters. The normalized spacial score (nSPS) is 17.8. The number of methoxy groups -OCH3 is 2. The summed E-state index contributed by atoms with van der Waals surface area (Å²) in [4.78, 5) is 4.68. The Labute approximate surface area is 222 Å². The van der Waals surface area contributed by atoms with Gasteiger partial charge in [0.15, 0.2) is 11.5 Å². The van der Waals surface area contributed by atoms with Crippen LogP contribution in [0, 0.1) is 5.82 Å². The van der Waals surface area contributed by atoms with Crippen LogP contribution in [0.4, 0.5) is 10.3 Å². The first kappa shape index (κ1) is 23.7. The summed E-state index contributed by atoms with van der Waals surface area (Å²) in [7, 11) is 3.20. The Bertz CT molecular complexity index is 1540. The first-order valence-electron chi connectivity index (χ1n) is 11.5. The second kappa shape index (κ2) is 9.32. The molecule has 0 amide bonds. The van der Waals surface area contributed by atoms with E-state index in [4.69, 9.17) is 30.9 Å². The molecule has 6 rings (SSSR count). The Hall–Kier alpha value is -3.69. The number of aromatic nitrogens is 3. The van der Waals surface area contributed by atoms with Crippen LogP contribution < -0.4 is 19.5 Å². The van der Waals surface area contributed by atoms with Crippen LogP contribution in [0.3, 0.4) is 0 Å². The van der Waals surface area contributed by atoms with Crippen LogP contribution in [0.1, 0.15) is 28.8 Å².